The lowest BCUT2D eigenvalue weighted by Crippen LogP contribution is -2.43. The van der Waals surface area contributed by atoms with E-state index < -0.39 is 6.04 Å². The first-order valence-electron chi connectivity index (χ1n) is 13.1. The second-order valence-electron chi connectivity index (χ2n) is 10.6. The Bertz CT molecular complexity index is 911. The minimum absolute atomic E-state index is 0.0690. The molecule has 1 aromatic carbocycles. The van der Waals surface area contributed by atoms with Gasteiger partial charge in [-0.2, -0.15) is 0 Å². The summed E-state index contributed by atoms with van der Waals surface area (Å²) in [5, 5.41) is 6.34. The molecule has 1 saturated carbocycles. The quantitative estimate of drug-likeness (QED) is 0.412. The van der Waals surface area contributed by atoms with Gasteiger partial charge in [0.15, 0.2) is 0 Å². The zero-order valence-electron chi connectivity index (χ0n) is 21.3. The predicted molar refractivity (Wildman–Crippen MR) is 140 cm³/mol. The number of benzene rings is 1. The second-order valence-corrected chi connectivity index (χ2v) is 10.6. The summed E-state index contributed by atoms with van der Waals surface area (Å²) in [4.78, 5) is 30.2. The fourth-order valence-corrected chi connectivity index (χ4v) is 5.27. The molecule has 2 aromatic rings. The van der Waals surface area contributed by atoms with Gasteiger partial charge in [-0.25, -0.2) is 0 Å². The molecule has 1 aromatic heterocycles. The Morgan fingerprint density at radius 1 is 1.03 bits per heavy atom. The lowest BCUT2D eigenvalue weighted by atomic mass is 9.69. The highest BCUT2D eigenvalue weighted by Gasteiger charge is 2.35. The molecule has 1 heterocycles. The summed E-state index contributed by atoms with van der Waals surface area (Å²) in [5.74, 6) is 0.362. The Morgan fingerprint density at radius 3 is 2.40 bits per heavy atom. The smallest absolute Gasteiger partial charge is 0.236 e. The van der Waals surface area contributed by atoms with Crippen LogP contribution in [-0.2, 0) is 16.0 Å². The molecule has 3 rings (SSSR count). The van der Waals surface area contributed by atoms with Crippen molar-refractivity contribution in [1.29, 1.82) is 0 Å². The fourth-order valence-electron chi connectivity index (χ4n) is 5.27. The summed E-state index contributed by atoms with van der Waals surface area (Å²) in [6.45, 7) is 4.70. The van der Waals surface area contributed by atoms with Gasteiger partial charge in [-0.05, 0) is 54.7 Å². The third kappa shape index (κ3) is 8.77. The number of hydrogen-bond acceptors (Lipinski definition) is 4. The monoisotopic (exact) mass is 478 g/mol. The van der Waals surface area contributed by atoms with Gasteiger partial charge in [0.2, 0.25) is 11.8 Å². The molecular weight excluding hydrogens is 436 g/mol. The number of aromatic nitrogens is 1. The summed E-state index contributed by atoms with van der Waals surface area (Å²) in [5.41, 5.74) is 8.00. The fraction of sp³-hybridized carbons (Fsp3) is 0.552. The third-order valence-electron chi connectivity index (χ3n) is 7.14. The van der Waals surface area contributed by atoms with Gasteiger partial charge in [0.1, 0.15) is 0 Å². The first-order valence-corrected chi connectivity index (χ1v) is 13.1. The molecule has 35 heavy (non-hydrogen) atoms. The van der Waals surface area contributed by atoms with Crippen LogP contribution >= 0.6 is 0 Å². The number of hydrogen-bond donors (Lipinski definition) is 3. The van der Waals surface area contributed by atoms with Crippen molar-refractivity contribution in [2.45, 2.75) is 83.7 Å². The largest absolute Gasteiger partial charge is 0.355 e. The molecule has 190 valence electrons. The molecule has 4 N–H and O–H groups in total. The SMILES string of the molecule is CC(C)CC(N)C(=O)NCCC1(CC(=O)NC(Cc2ccccn2)c2ccccc2)CCCCC1. The van der Waals surface area contributed by atoms with Gasteiger partial charge in [0.25, 0.3) is 0 Å². The minimum Gasteiger partial charge on any atom is -0.355 e. The van der Waals surface area contributed by atoms with Crippen LogP contribution in [0.15, 0.2) is 54.7 Å². The average Bonchev–Trinajstić information content (AvgIpc) is 2.85. The van der Waals surface area contributed by atoms with Crippen LogP contribution in [0, 0.1) is 11.3 Å². The molecule has 6 nitrogen and oxygen atoms in total. The highest BCUT2D eigenvalue weighted by Crippen LogP contribution is 2.42. The Balaban J connectivity index is 1.63. The molecule has 2 atom stereocenters. The van der Waals surface area contributed by atoms with Gasteiger partial charge in [-0.15, -0.1) is 0 Å². The zero-order chi connectivity index (χ0) is 25.1. The molecule has 6 heteroatoms. The summed E-state index contributed by atoms with van der Waals surface area (Å²) in [7, 11) is 0. The van der Waals surface area contributed by atoms with E-state index in [9.17, 15) is 9.59 Å². The van der Waals surface area contributed by atoms with Crippen molar-refractivity contribution < 1.29 is 9.59 Å². The number of nitrogens with two attached hydrogens (primary N) is 1. The molecule has 2 amide bonds. The van der Waals surface area contributed by atoms with Crippen LogP contribution in [0.2, 0.25) is 0 Å². The number of pyridine rings is 1. The van der Waals surface area contributed by atoms with E-state index in [1.807, 2.05) is 36.4 Å². The standard InChI is InChI=1S/C29H42N4O2/c1-22(2)19-25(30)28(35)32-18-16-29(14-8-4-9-15-29)21-27(34)33-26(23-11-5-3-6-12-23)20-24-13-7-10-17-31-24/h3,5-7,10-13,17,22,25-26H,4,8-9,14-16,18-21,30H2,1-2H3,(H,32,35)(H,33,34). The Morgan fingerprint density at radius 2 is 1.74 bits per heavy atom. The Labute approximate surface area is 210 Å². The van der Waals surface area contributed by atoms with E-state index in [4.69, 9.17) is 5.73 Å². The van der Waals surface area contributed by atoms with Crippen LogP contribution in [0.3, 0.4) is 0 Å². The third-order valence-corrected chi connectivity index (χ3v) is 7.14. The Kier molecular flexibility index (Phi) is 10.3. The molecule has 0 radical (unpaired) electrons. The molecule has 0 bridgehead atoms. The van der Waals surface area contributed by atoms with E-state index in [0.717, 1.165) is 43.4 Å². The topological polar surface area (TPSA) is 97.1 Å². The van der Waals surface area contributed by atoms with Crippen molar-refractivity contribution in [3.8, 4) is 0 Å². The molecule has 0 spiro atoms. The summed E-state index contributed by atoms with van der Waals surface area (Å²) < 4.78 is 0. The van der Waals surface area contributed by atoms with Crippen molar-refractivity contribution in [3.63, 3.8) is 0 Å². The van der Waals surface area contributed by atoms with Crippen LogP contribution in [0.4, 0.5) is 0 Å². The van der Waals surface area contributed by atoms with Gasteiger partial charge >= 0.3 is 0 Å². The predicted octanol–water partition coefficient (Wildman–Crippen LogP) is 4.70. The average molecular weight is 479 g/mol. The zero-order valence-corrected chi connectivity index (χ0v) is 21.3. The van der Waals surface area contributed by atoms with Gasteiger partial charge in [0.05, 0.1) is 12.1 Å². The van der Waals surface area contributed by atoms with Crippen molar-refractivity contribution in [3.05, 3.63) is 66.0 Å². The van der Waals surface area contributed by atoms with Gasteiger partial charge in [-0.3, -0.25) is 14.6 Å². The van der Waals surface area contributed by atoms with Gasteiger partial charge < -0.3 is 16.4 Å². The first kappa shape index (κ1) is 26.9. The van der Waals surface area contributed by atoms with Crippen LogP contribution in [0.1, 0.15) is 82.5 Å². The van der Waals surface area contributed by atoms with Crippen LogP contribution < -0.4 is 16.4 Å². The van der Waals surface area contributed by atoms with E-state index in [0.29, 0.717) is 31.7 Å². The van der Waals surface area contributed by atoms with Crippen LogP contribution in [0.5, 0.6) is 0 Å². The van der Waals surface area contributed by atoms with Crippen molar-refractivity contribution in [2.75, 3.05) is 6.54 Å². The number of carbonyl (C=O) groups excluding carboxylic acids is 2. The van der Waals surface area contributed by atoms with Gasteiger partial charge in [0, 0.05) is 31.3 Å². The Hall–Kier alpha value is -2.73. The molecular formula is C29H42N4O2. The summed E-state index contributed by atoms with van der Waals surface area (Å²) in [6.07, 6.45) is 9.90. The molecule has 1 aliphatic rings. The lowest BCUT2D eigenvalue weighted by Gasteiger charge is -2.37. The van der Waals surface area contributed by atoms with Crippen molar-refractivity contribution in [1.82, 2.24) is 15.6 Å². The summed E-state index contributed by atoms with van der Waals surface area (Å²) >= 11 is 0. The number of nitrogens with one attached hydrogen (secondary N) is 2. The number of amides is 2. The second kappa shape index (κ2) is 13.4. The van der Waals surface area contributed by atoms with E-state index >= 15 is 0 Å². The van der Waals surface area contributed by atoms with E-state index in [1.54, 1.807) is 6.20 Å². The van der Waals surface area contributed by atoms with E-state index in [-0.39, 0.29) is 23.3 Å². The van der Waals surface area contributed by atoms with E-state index in [1.165, 1.54) is 6.42 Å². The van der Waals surface area contributed by atoms with Crippen molar-refractivity contribution in [2.24, 2.45) is 17.1 Å². The maximum absolute atomic E-state index is 13.4. The maximum atomic E-state index is 13.4. The first-order chi connectivity index (χ1) is 16.9. The lowest BCUT2D eigenvalue weighted by molar-refractivity contribution is -0.125. The maximum Gasteiger partial charge on any atom is 0.236 e. The molecule has 1 aliphatic carbocycles. The molecule has 0 saturated heterocycles. The number of rotatable bonds is 12. The molecule has 1 fully saturated rings. The molecule has 2 unspecified atom stereocenters. The normalized spacial score (nSPS) is 16.9. The minimum atomic E-state index is -0.473. The number of nitrogens with zero attached hydrogens (tertiary/aromatic N) is 1. The number of carbonyl (C=O) groups is 2. The highest BCUT2D eigenvalue weighted by molar-refractivity contribution is 5.81. The van der Waals surface area contributed by atoms with E-state index in [2.05, 4.69) is 41.6 Å². The van der Waals surface area contributed by atoms with Crippen molar-refractivity contribution >= 4 is 11.8 Å². The summed E-state index contributed by atoms with van der Waals surface area (Å²) in [6, 6.07) is 15.4. The molecule has 0 aliphatic heterocycles. The highest BCUT2D eigenvalue weighted by atomic mass is 16.2. The van der Waals surface area contributed by atoms with Crippen LogP contribution in [0.25, 0.3) is 0 Å². The van der Waals surface area contributed by atoms with Gasteiger partial charge in [-0.1, -0.05) is 69.5 Å². The van der Waals surface area contributed by atoms with Crippen LogP contribution in [-0.4, -0.2) is 29.4 Å².